The molecule has 0 aromatic heterocycles. The summed E-state index contributed by atoms with van der Waals surface area (Å²) in [6.07, 6.45) is 3.57. The first kappa shape index (κ1) is 9.87. The molecule has 2 N–H and O–H groups in total. The summed E-state index contributed by atoms with van der Waals surface area (Å²) in [4.78, 5) is 0.908. The maximum Gasteiger partial charge on any atom is 0.120 e. The van der Waals surface area contributed by atoms with Crippen molar-refractivity contribution in [2.45, 2.75) is 30.2 Å². The van der Waals surface area contributed by atoms with E-state index in [9.17, 15) is 5.11 Å². The van der Waals surface area contributed by atoms with Crippen molar-refractivity contribution in [3.05, 3.63) is 23.8 Å². The predicted octanol–water partition coefficient (Wildman–Crippen LogP) is 2.50. The topological polar surface area (TPSA) is 32.3 Å². The molecule has 1 aliphatic rings. The summed E-state index contributed by atoms with van der Waals surface area (Å²) in [5.74, 6) is 0.377. The Balaban J connectivity index is 2.24. The number of nitrogens with one attached hydrogen (secondary N) is 1. The zero-order valence-electron chi connectivity index (χ0n) is 8.03. The molecule has 2 nitrogen and oxygen atoms in total. The van der Waals surface area contributed by atoms with E-state index in [1.54, 1.807) is 6.07 Å². The van der Waals surface area contributed by atoms with E-state index in [0.717, 1.165) is 23.4 Å². The van der Waals surface area contributed by atoms with E-state index >= 15 is 0 Å². The summed E-state index contributed by atoms with van der Waals surface area (Å²) in [6, 6.07) is 5.77. The molecule has 1 aromatic rings. The van der Waals surface area contributed by atoms with E-state index in [4.69, 9.17) is 0 Å². The van der Waals surface area contributed by atoms with Crippen molar-refractivity contribution in [2.75, 3.05) is 6.54 Å². The number of phenols is 1. The van der Waals surface area contributed by atoms with E-state index in [-0.39, 0.29) is 0 Å². The van der Waals surface area contributed by atoms with Crippen LogP contribution in [0, 0.1) is 0 Å². The van der Waals surface area contributed by atoms with Gasteiger partial charge in [0.15, 0.2) is 0 Å². The minimum absolute atomic E-state index is 0.302. The third-order valence-electron chi connectivity index (χ3n) is 2.70. The molecule has 1 saturated heterocycles. The molecule has 3 heteroatoms. The van der Waals surface area contributed by atoms with Crippen LogP contribution in [0.3, 0.4) is 0 Å². The van der Waals surface area contributed by atoms with Gasteiger partial charge in [0.25, 0.3) is 0 Å². The molecule has 1 aromatic carbocycles. The van der Waals surface area contributed by atoms with Gasteiger partial charge < -0.3 is 10.4 Å². The lowest BCUT2D eigenvalue weighted by atomic mass is 9.97. The monoisotopic (exact) mass is 209 g/mol. The Hall–Kier alpha value is -0.670. The summed E-state index contributed by atoms with van der Waals surface area (Å²) in [5, 5.41) is 13.1. The quantitative estimate of drug-likeness (QED) is 0.621. The zero-order valence-corrected chi connectivity index (χ0v) is 8.93. The smallest absolute Gasteiger partial charge is 0.120 e. The Morgan fingerprint density at radius 1 is 1.36 bits per heavy atom. The molecule has 76 valence electrons. The largest absolute Gasteiger partial charge is 0.508 e. The maximum atomic E-state index is 9.71. The Kier molecular flexibility index (Phi) is 2.99. The maximum absolute atomic E-state index is 9.71. The summed E-state index contributed by atoms with van der Waals surface area (Å²) in [7, 11) is 0. The van der Waals surface area contributed by atoms with Crippen LogP contribution in [-0.4, -0.2) is 11.7 Å². The van der Waals surface area contributed by atoms with Gasteiger partial charge in [0, 0.05) is 16.5 Å². The van der Waals surface area contributed by atoms with Crippen LogP contribution >= 0.6 is 12.6 Å². The lowest BCUT2D eigenvalue weighted by molar-refractivity contribution is 0.390. The van der Waals surface area contributed by atoms with Gasteiger partial charge in [-0.25, -0.2) is 0 Å². The second-order valence-electron chi connectivity index (χ2n) is 3.75. The fourth-order valence-electron chi connectivity index (χ4n) is 1.94. The average Bonchev–Trinajstić information content (AvgIpc) is 2.23. The zero-order chi connectivity index (χ0) is 9.97. The number of rotatable bonds is 1. The first-order valence-electron chi connectivity index (χ1n) is 5.02. The first-order valence-corrected chi connectivity index (χ1v) is 5.47. The van der Waals surface area contributed by atoms with Gasteiger partial charge in [-0.15, -0.1) is 12.6 Å². The lowest BCUT2D eigenvalue weighted by Crippen LogP contribution is -2.26. The number of phenolic OH excluding ortho intramolecular Hbond substituents is 1. The molecule has 0 saturated carbocycles. The number of hydrogen-bond donors (Lipinski definition) is 3. The molecule has 14 heavy (non-hydrogen) atoms. The molecule has 1 heterocycles. The van der Waals surface area contributed by atoms with E-state index < -0.39 is 0 Å². The SMILES string of the molecule is Oc1ccc(S)cc1[C@@H]1CCCCN1. The third kappa shape index (κ3) is 2.04. The van der Waals surface area contributed by atoms with Crippen molar-refractivity contribution in [3.63, 3.8) is 0 Å². The van der Waals surface area contributed by atoms with E-state index in [1.165, 1.54) is 12.8 Å². The number of hydrogen-bond acceptors (Lipinski definition) is 3. The molecule has 1 aliphatic heterocycles. The molecular weight excluding hydrogens is 194 g/mol. The Bertz CT molecular complexity index is 321. The Morgan fingerprint density at radius 3 is 2.93 bits per heavy atom. The van der Waals surface area contributed by atoms with Gasteiger partial charge in [-0.3, -0.25) is 0 Å². The summed E-state index contributed by atoms with van der Waals surface area (Å²) in [6.45, 7) is 1.04. The van der Waals surface area contributed by atoms with Crippen LogP contribution in [0.25, 0.3) is 0 Å². The molecule has 0 unspecified atom stereocenters. The normalized spacial score (nSPS) is 22.2. The standard InChI is InChI=1S/C11H15NOS/c13-11-5-4-8(14)7-9(11)10-3-1-2-6-12-10/h4-5,7,10,12-14H,1-3,6H2/t10-/m0/s1. The van der Waals surface area contributed by atoms with Gasteiger partial charge in [0.05, 0.1) is 0 Å². The summed E-state index contributed by atoms with van der Waals surface area (Å²) >= 11 is 4.28. The van der Waals surface area contributed by atoms with Gasteiger partial charge in [0.2, 0.25) is 0 Å². The van der Waals surface area contributed by atoms with E-state index in [2.05, 4.69) is 17.9 Å². The minimum atomic E-state index is 0.302. The van der Waals surface area contributed by atoms with Gasteiger partial charge in [-0.05, 0) is 37.6 Å². The van der Waals surface area contributed by atoms with Crippen molar-refractivity contribution in [2.24, 2.45) is 0 Å². The van der Waals surface area contributed by atoms with Crippen molar-refractivity contribution in [1.29, 1.82) is 0 Å². The summed E-state index contributed by atoms with van der Waals surface area (Å²) < 4.78 is 0. The van der Waals surface area contributed by atoms with Crippen LogP contribution in [-0.2, 0) is 0 Å². The van der Waals surface area contributed by atoms with Crippen molar-refractivity contribution in [1.82, 2.24) is 5.32 Å². The van der Waals surface area contributed by atoms with Crippen LogP contribution in [0.2, 0.25) is 0 Å². The molecule has 2 rings (SSSR count). The Labute approximate surface area is 89.7 Å². The fraction of sp³-hybridized carbons (Fsp3) is 0.455. The van der Waals surface area contributed by atoms with Crippen molar-refractivity contribution >= 4 is 12.6 Å². The van der Waals surface area contributed by atoms with Crippen LogP contribution in [0.5, 0.6) is 5.75 Å². The van der Waals surface area contributed by atoms with Crippen LogP contribution in [0.15, 0.2) is 23.1 Å². The highest BCUT2D eigenvalue weighted by Gasteiger charge is 2.17. The van der Waals surface area contributed by atoms with Crippen molar-refractivity contribution in [3.8, 4) is 5.75 Å². The number of piperidine rings is 1. The molecule has 1 fully saturated rings. The van der Waals surface area contributed by atoms with Gasteiger partial charge in [-0.2, -0.15) is 0 Å². The molecule has 0 radical (unpaired) electrons. The van der Waals surface area contributed by atoms with Gasteiger partial charge >= 0.3 is 0 Å². The number of thiol groups is 1. The second-order valence-corrected chi connectivity index (χ2v) is 4.26. The Morgan fingerprint density at radius 2 is 2.21 bits per heavy atom. The lowest BCUT2D eigenvalue weighted by Gasteiger charge is -2.24. The molecule has 1 atom stereocenters. The van der Waals surface area contributed by atoms with E-state index in [1.807, 2.05) is 12.1 Å². The van der Waals surface area contributed by atoms with Crippen LogP contribution < -0.4 is 5.32 Å². The van der Waals surface area contributed by atoms with Crippen LogP contribution in [0.1, 0.15) is 30.9 Å². The van der Waals surface area contributed by atoms with Crippen LogP contribution in [0.4, 0.5) is 0 Å². The fourth-order valence-corrected chi connectivity index (χ4v) is 2.15. The van der Waals surface area contributed by atoms with Gasteiger partial charge in [-0.1, -0.05) is 6.42 Å². The number of benzene rings is 1. The molecule has 0 aliphatic carbocycles. The number of aromatic hydroxyl groups is 1. The second kappa shape index (κ2) is 4.24. The molecule has 0 bridgehead atoms. The highest BCUT2D eigenvalue weighted by Crippen LogP contribution is 2.31. The first-order chi connectivity index (χ1) is 6.77. The van der Waals surface area contributed by atoms with Gasteiger partial charge in [0.1, 0.15) is 5.75 Å². The molecule has 0 amide bonds. The van der Waals surface area contributed by atoms with E-state index in [0.29, 0.717) is 11.8 Å². The highest BCUT2D eigenvalue weighted by atomic mass is 32.1. The molecular formula is C11H15NOS. The van der Waals surface area contributed by atoms with Crippen molar-refractivity contribution < 1.29 is 5.11 Å². The third-order valence-corrected chi connectivity index (χ3v) is 2.98. The summed E-state index contributed by atoms with van der Waals surface area (Å²) in [5.41, 5.74) is 0.984. The predicted molar refractivity (Wildman–Crippen MR) is 60.0 cm³/mol. The minimum Gasteiger partial charge on any atom is -0.508 e. The average molecular weight is 209 g/mol. The highest BCUT2D eigenvalue weighted by molar-refractivity contribution is 7.80. The molecule has 0 spiro atoms.